The third-order valence-corrected chi connectivity index (χ3v) is 6.23. The van der Waals surface area contributed by atoms with Crippen molar-refractivity contribution in [2.75, 3.05) is 26.8 Å². The van der Waals surface area contributed by atoms with Crippen molar-refractivity contribution in [3.63, 3.8) is 0 Å². The molecule has 0 saturated carbocycles. The summed E-state index contributed by atoms with van der Waals surface area (Å²) in [5, 5.41) is 0. The molecular weight excluding hydrogens is 326 g/mol. The number of nitrogens with zero attached hydrogens (tertiary/aromatic N) is 1. The minimum absolute atomic E-state index is 0.242. The van der Waals surface area contributed by atoms with Gasteiger partial charge in [0.15, 0.2) is 0 Å². The van der Waals surface area contributed by atoms with E-state index in [2.05, 4.69) is 0 Å². The van der Waals surface area contributed by atoms with Gasteiger partial charge in [-0.05, 0) is 36.2 Å². The van der Waals surface area contributed by atoms with Crippen molar-refractivity contribution < 1.29 is 17.9 Å². The number of hydrogen-bond donors (Lipinski definition) is 0. The van der Waals surface area contributed by atoms with Gasteiger partial charge >= 0.3 is 0 Å². The minimum Gasteiger partial charge on any atom is -0.497 e. The van der Waals surface area contributed by atoms with Gasteiger partial charge in [-0.1, -0.05) is 30.3 Å². The highest BCUT2D eigenvalue weighted by Crippen LogP contribution is 2.29. The Bertz CT molecular complexity index is 805. The van der Waals surface area contributed by atoms with Crippen molar-refractivity contribution in [2.45, 2.75) is 17.9 Å². The number of methoxy groups -OCH3 is 1. The van der Waals surface area contributed by atoms with Crippen molar-refractivity contribution in [1.82, 2.24) is 4.31 Å². The van der Waals surface area contributed by atoms with Crippen LogP contribution in [0.2, 0.25) is 0 Å². The van der Waals surface area contributed by atoms with Gasteiger partial charge in [-0.3, -0.25) is 0 Å². The number of ether oxygens (including phenoxy) is 2. The van der Waals surface area contributed by atoms with Crippen LogP contribution in [0.15, 0.2) is 53.4 Å². The first-order valence-corrected chi connectivity index (χ1v) is 9.27. The predicted molar refractivity (Wildman–Crippen MR) is 91.6 cm³/mol. The molecular formula is C18H21NO4S. The SMILES string of the molecule is COc1ccc(S(=O)(=O)N2CCO[C@H](c3ccccc3)C2)c(C)c1. The molecule has 0 radical (unpaired) electrons. The molecule has 128 valence electrons. The molecule has 3 rings (SSSR count). The highest BCUT2D eigenvalue weighted by molar-refractivity contribution is 7.89. The van der Waals surface area contributed by atoms with Crippen LogP contribution < -0.4 is 4.74 Å². The second-order valence-corrected chi connectivity index (χ2v) is 7.67. The Kier molecular flexibility index (Phi) is 4.89. The van der Waals surface area contributed by atoms with E-state index in [9.17, 15) is 8.42 Å². The lowest BCUT2D eigenvalue weighted by Crippen LogP contribution is -2.42. The maximum atomic E-state index is 13.0. The van der Waals surface area contributed by atoms with Gasteiger partial charge in [0.05, 0.1) is 24.7 Å². The molecule has 0 spiro atoms. The summed E-state index contributed by atoms with van der Waals surface area (Å²) < 4.78 is 38.5. The van der Waals surface area contributed by atoms with Crippen LogP contribution in [0.3, 0.4) is 0 Å². The van der Waals surface area contributed by atoms with E-state index in [0.717, 1.165) is 5.56 Å². The van der Waals surface area contributed by atoms with Crippen LogP contribution in [0.25, 0.3) is 0 Å². The molecule has 0 bridgehead atoms. The van der Waals surface area contributed by atoms with Crippen molar-refractivity contribution in [2.24, 2.45) is 0 Å². The van der Waals surface area contributed by atoms with E-state index < -0.39 is 10.0 Å². The molecule has 5 nitrogen and oxygen atoms in total. The van der Waals surface area contributed by atoms with E-state index in [1.807, 2.05) is 30.3 Å². The molecule has 1 saturated heterocycles. The first-order valence-electron chi connectivity index (χ1n) is 7.83. The van der Waals surface area contributed by atoms with Crippen molar-refractivity contribution in [1.29, 1.82) is 0 Å². The lowest BCUT2D eigenvalue weighted by Gasteiger charge is -2.32. The number of benzene rings is 2. The Balaban J connectivity index is 1.87. The fourth-order valence-electron chi connectivity index (χ4n) is 2.89. The van der Waals surface area contributed by atoms with Crippen LogP contribution in [0.4, 0.5) is 0 Å². The average molecular weight is 347 g/mol. The molecule has 0 unspecified atom stereocenters. The van der Waals surface area contributed by atoms with Crippen molar-refractivity contribution in [3.8, 4) is 5.75 Å². The highest BCUT2D eigenvalue weighted by Gasteiger charge is 2.32. The van der Waals surface area contributed by atoms with Gasteiger partial charge in [0.1, 0.15) is 5.75 Å². The topological polar surface area (TPSA) is 55.8 Å². The number of aryl methyl sites for hydroxylation is 1. The minimum atomic E-state index is -3.56. The van der Waals surface area contributed by atoms with Crippen LogP contribution in [0.1, 0.15) is 17.2 Å². The van der Waals surface area contributed by atoms with Gasteiger partial charge in [0.25, 0.3) is 0 Å². The Morgan fingerprint density at radius 2 is 1.92 bits per heavy atom. The summed E-state index contributed by atoms with van der Waals surface area (Å²) in [4.78, 5) is 0.317. The maximum absolute atomic E-state index is 13.0. The molecule has 2 aromatic carbocycles. The van der Waals surface area contributed by atoms with E-state index in [0.29, 0.717) is 35.9 Å². The van der Waals surface area contributed by atoms with E-state index >= 15 is 0 Å². The number of hydrogen-bond acceptors (Lipinski definition) is 4. The Morgan fingerprint density at radius 3 is 2.58 bits per heavy atom. The van der Waals surface area contributed by atoms with E-state index in [1.165, 1.54) is 4.31 Å². The van der Waals surface area contributed by atoms with Crippen LogP contribution >= 0.6 is 0 Å². The van der Waals surface area contributed by atoms with E-state index in [1.54, 1.807) is 32.2 Å². The predicted octanol–water partition coefficient (Wildman–Crippen LogP) is 2.77. The van der Waals surface area contributed by atoms with Gasteiger partial charge in [-0.15, -0.1) is 0 Å². The van der Waals surface area contributed by atoms with Gasteiger partial charge in [-0.25, -0.2) is 8.42 Å². The molecule has 0 amide bonds. The van der Waals surface area contributed by atoms with Gasteiger partial charge < -0.3 is 9.47 Å². The molecule has 0 aliphatic carbocycles. The van der Waals surface area contributed by atoms with E-state index in [4.69, 9.17) is 9.47 Å². The summed E-state index contributed by atoms with van der Waals surface area (Å²) in [6, 6.07) is 14.7. The Labute approximate surface area is 142 Å². The molecule has 1 fully saturated rings. The largest absolute Gasteiger partial charge is 0.497 e. The molecule has 2 aromatic rings. The van der Waals surface area contributed by atoms with Crippen molar-refractivity contribution in [3.05, 3.63) is 59.7 Å². The highest BCUT2D eigenvalue weighted by atomic mass is 32.2. The summed E-state index contributed by atoms with van der Waals surface area (Å²) in [7, 11) is -2.00. The fraction of sp³-hybridized carbons (Fsp3) is 0.333. The molecule has 1 atom stereocenters. The molecule has 24 heavy (non-hydrogen) atoms. The van der Waals surface area contributed by atoms with Gasteiger partial charge in [0, 0.05) is 13.1 Å². The van der Waals surface area contributed by atoms with Crippen LogP contribution in [0, 0.1) is 6.92 Å². The molecule has 6 heteroatoms. The van der Waals surface area contributed by atoms with E-state index in [-0.39, 0.29) is 6.10 Å². The first-order chi connectivity index (χ1) is 11.5. The standard InChI is InChI=1S/C18H21NO4S/c1-14-12-16(22-2)8-9-18(14)24(20,21)19-10-11-23-17(13-19)15-6-4-3-5-7-15/h3-9,12,17H,10-11,13H2,1-2H3/t17-/m0/s1. The average Bonchev–Trinajstić information content (AvgIpc) is 2.62. The lowest BCUT2D eigenvalue weighted by atomic mass is 10.1. The maximum Gasteiger partial charge on any atom is 0.243 e. The third kappa shape index (κ3) is 3.31. The normalized spacial score (nSPS) is 19.2. The van der Waals surface area contributed by atoms with Crippen LogP contribution in [-0.4, -0.2) is 39.5 Å². The van der Waals surface area contributed by atoms with Crippen molar-refractivity contribution >= 4 is 10.0 Å². The van der Waals surface area contributed by atoms with Gasteiger partial charge in [-0.2, -0.15) is 4.31 Å². The third-order valence-electron chi connectivity index (χ3n) is 4.20. The zero-order chi connectivity index (χ0) is 17.2. The zero-order valence-electron chi connectivity index (χ0n) is 13.8. The smallest absolute Gasteiger partial charge is 0.243 e. The Morgan fingerprint density at radius 1 is 1.17 bits per heavy atom. The molecule has 0 N–H and O–H groups in total. The van der Waals surface area contributed by atoms with Crippen LogP contribution in [0.5, 0.6) is 5.75 Å². The van der Waals surface area contributed by atoms with Crippen LogP contribution in [-0.2, 0) is 14.8 Å². The molecule has 1 aliphatic heterocycles. The number of rotatable bonds is 4. The lowest BCUT2D eigenvalue weighted by molar-refractivity contribution is -0.00256. The monoisotopic (exact) mass is 347 g/mol. The number of sulfonamides is 1. The molecule has 1 aliphatic rings. The summed E-state index contributed by atoms with van der Waals surface area (Å²) in [5.41, 5.74) is 1.67. The number of morpholine rings is 1. The second-order valence-electron chi connectivity index (χ2n) is 5.76. The quantitative estimate of drug-likeness (QED) is 0.853. The summed E-state index contributed by atoms with van der Waals surface area (Å²) in [6.45, 7) is 2.84. The summed E-state index contributed by atoms with van der Waals surface area (Å²) in [6.07, 6.45) is -0.242. The zero-order valence-corrected chi connectivity index (χ0v) is 14.6. The first kappa shape index (κ1) is 17.0. The Hall–Kier alpha value is -1.89. The summed E-state index contributed by atoms with van der Waals surface area (Å²) >= 11 is 0. The fourth-order valence-corrected chi connectivity index (χ4v) is 4.52. The molecule has 1 heterocycles. The van der Waals surface area contributed by atoms with Gasteiger partial charge in [0.2, 0.25) is 10.0 Å². The summed E-state index contributed by atoms with van der Waals surface area (Å²) in [5.74, 6) is 0.649. The second kappa shape index (κ2) is 6.93. The molecule has 0 aromatic heterocycles.